The molecular weight excluding hydrogens is 190 g/mol. The molecular formula is C8H15NO3S. The first-order valence-electron chi connectivity index (χ1n) is 4.77. The molecule has 76 valence electrons. The summed E-state index contributed by atoms with van der Waals surface area (Å²) in [6.45, 7) is 0.994. The van der Waals surface area contributed by atoms with Gasteiger partial charge in [-0.15, -0.1) is 0 Å². The van der Waals surface area contributed by atoms with Crippen molar-refractivity contribution in [2.45, 2.75) is 37.0 Å². The lowest BCUT2D eigenvalue weighted by Gasteiger charge is -2.29. The molecule has 4 nitrogen and oxygen atoms in total. The minimum Gasteiger partial charge on any atom is -0.314 e. The SMILES string of the molecule is O=S(=O)(O)[C@@H]1CC[C@@H]2CCN[C@@H]2C1. The Bertz CT molecular complexity index is 288. The van der Waals surface area contributed by atoms with E-state index in [1.807, 2.05) is 0 Å². The first-order valence-corrected chi connectivity index (χ1v) is 6.27. The first-order chi connectivity index (χ1) is 6.07. The highest BCUT2D eigenvalue weighted by Crippen LogP contribution is 2.33. The molecule has 0 radical (unpaired) electrons. The van der Waals surface area contributed by atoms with E-state index < -0.39 is 15.4 Å². The topological polar surface area (TPSA) is 66.4 Å². The van der Waals surface area contributed by atoms with Crippen LogP contribution in [0.25, 0.3) is 0 Å². The lowest BCUT2D eigenvalue weighted by atomic mass is 9.85. The van der Waals surface area contributed by atoms with Gasteiger partial charge in [0.15, 0.2) is 0 Å². The second-order valence-electron chi connectivity index (χ2n) is 4.06. The molecule has 3 atom stereocenters. The van der Waals surface area contributed by atoms with Crippen molar-refractivity contribution >= 4 is 10.1 Å². The first kappa shape index (κ1) is 9.43. The largest absolute Gasteiger partial charge is 0.314 e. The molecule has 1 aliphatic carbocycles. The quantitative estimate of drug-likeness (QED) is 0.608. The van der Waals surface area contributed by atoms with Crippen LogP contribution in [-0.4, -0.2) is 30.8 Å². The molecule has 2 N–H and O–H groups in total. The fraction of sp³-hybridized carbons (Fsp3) is 1.00. The molecule has 1 saturated heterocycles. The number of fused-ring (bicyclic) bond motifs is 1. The highest BCUT2D eigenvalue weighted by Gasteiger charge is 2.38. The van der Waals surface area contributed by atoms with E-state index in [1.165, 1.54) is 0 Å². The van der Waals surface area contributed by atoms with Gasteiger partial charge in [0.05, 0.1) is 5.25 Å². The van der Waals surface area contributed by atoms with Crippen molar-refractivity contribution < 1.29 is 13.0 Å². The third-order valence-electron chi connectivity index (χ3n) is 3.29. The van der Waals surface area contributed by atoms with Crippen molar-refractivity contribution in [2.75, 3.05) is 6.54 Å². The zero-order valence-electron chi connectivity index (χ0n) is 7.44. The van der Waals surface area contributed by atoms with Crippen LogP contribution in [0.5, 0.6) is 0 Å². The van der Waals surface area contributed by atoms with Crippen LogP contribution < -0.4 is 5.32 Å². The highest BCUT2D eigenvalue weighted by atomic mass is 32.2. The fourth-order valence-electron chi connectivity index (χ4n) is 2.51. The molecule has 0 aromatic rings. The predicted molar refractivity (Wildman–Crippen MR) is 49.1 cm³/mol. The second-order valence-corrected chi connectivity index (χ2v) is 5.76. The van der Waals surface area contributed by atoms with Gasteiger partial charge in [0.2, 0.25) is 0 Å². The molecule has 0 unspecified atom stereocenters. The van der Waals surface area contributed by atoms with Gasteiger partial charge in [0.1, 0.15) is 0 Å². The molecule has 0 bridgehead atoms. The van der Waals surface area contributed by atoms with Gasteiger partial charge in [-0.1, -0.05) is 0 Å². The third kappa shape index (κ3) is 1.87. The Morgan fingerprint density at radius 1 is 1.23 bits per heavy atom. The summed E-state index contributed by atoms with van der Waals surface area (Å²) in [5.74, 6) is 0.637. The summed E-state index contributed by atoms with van der Waals surface area (Å²) >= 11 is 0. The van der Waals surface area contributed by atoms with E-state index >= 15 is 0 Å². The summed E-state index contributed by atoms with van der Waals surface area (Å²) < 4.78 is 30.7. The van der Waals surface area contributed by atoms with Crippen LogP contribution in [0.15, 0.2) is 0 Å². The van der Waals surface area contributed by atoms with Crippen molar-refractivity contribution in [1.29, 1.82) is 0 Å². The molecule has 0 amide bonds. The van der Waals surface area contributed by atoms with E-state index in [9.17, 15) is 8.42 Å². The molecule has 5 heteroatoms. The van der Waals surface area contributed by atoms with E-state index in [4.69, 9.17) is 4.55 Å². The summed E-state index contributed by atoms with van der Waals surface area (Å²) in [4.78, 5) is 0. The van der Waals surface area contributed by atoms with Crippen LogP contribution in [-0.2, 0) is 10.1 Å². The molecule has 2 fully saturated rings. The van der Waals surface area contributed by atoms with E-state index in [1.54, 1.807) is 0 Å². The maximum Gasteiger partial charge on any atom is 0.267 e. The molecule has 0 aromatic carbocycles. The zero-order valence-corrected chi connectivity index (χ0v) is 8.26. The molecule has 0 aromatic heterocycles. The van der Waals surface area contributed by atoms with Crippen molar-refractivity contribution in [3.8, 4) is 0 Å². The summed E-state index contributed by atoms with van der Waals surface area (Å²) in [6, 6.07) is 0.320. The second kappa shape index (κ2) is 3.22. The monoisotopic (exact) mass is 205 g/mol. The van der Waals surface area contributed by atoms with Crippen LogP contribution in [0.2, 0.25) is 0 Å². The number of nitrogens with one attached hydrogen (secondary N) is 1. The Labute approximate surface area is 78.5 Å². The van der Waals surface area contributed by atoms with Gasteiger partial charge in [-0.3, -0.25) is 4.55 Å². The maximum absolute atomic E-state index is 10.9. The number of rotatable bonds is 1. The molecule has 2 aliphatic rings. The van der Waals surface area contributed by atoms with Crippen molar-refractivity contribution in [3.63, 3.8) is 0 Å². The average molecular weight is 205 g/mol. The molecule has 1 aliphatic heterocycles. The smallest absolute Gasteiger partial charge is 0.267 e. The Kier molecular flexibility index (Phi) is 2.33. The van der Waals surface area contributed by atoms with Crippen molar-refractivity contribution in [2.24, 2.45) is 5.92 Å². The third-order valence-corrected chi connectivity index (χ3v) is 4.56. The predicted octanol–water partition coefficient (Wildman–Crippen LogP) is 0.405. The Balaban J connectivity index is 2.05. The Hall–Kier alpha value is -0.130. The lowest BCUT2D eigenvalue weighted by molar-refractivity contribution is 0.315. The van der Waals surface area contributed by atoms with Gasteiger partial charge >= 0.3 is 0 Å². The summed E-state index contributed by atoms with van der Waals surface area (Å²) in [7, 11) is -3.80. The van der Waals surface area contributed by atoms with E-state index in [2.05, 4.69) is 5.32 Å². The van der Waals surface area contributed by atoms with Crippen molar-refractivity contribution in [1.82, 2.24) is 5.32 Å². The minimum absolute atomic E-state index is 0.320. The lowest BCUT2D eigenvalue weighted by Crippen LogP contribution is -2.38. The van der Waals surface area contributed by atoms with Gasteiger partial charge in [0.25, 0.3) is 10.1 Å². The van der Waals surface area contributed by atoms with Gasteiger partial charge < -0.3 is 5.32 Å². The van der Waals surface area contributed by atoms with Crippen molar-refractivity contribution in [3.05, 3.63) is 0 Å². The van der Waals surface area contributed by atoms with Gasteiger partial charge in [-0.05, 0) is 38.1 Å². The standard InChI is InChI=1S/C8H15NO3S/c10-13(11,12)7-2-1-6-3-4-9-8(6)5-7/h6-9H,1-5H2,(H,10,11,12)/t6-,7-,8-/m1/s1. The number of hydrogen-bond donors (Lipinski definition) is 2. The normalized spacial score (nSPS) is 40.2. The minimum atomic E-state index is -3.80. The Morgan fingerprint density at radius 3 is 2.69 bits per heavy atom. The van der Waals surface area contributed by atoms with E-state index in [-0.39, 0.29) is 0 Å². The van der Waals surface area contributed by atoms with Crippen LogP contribution in [0.4, 0.5) is 0 Å². The van der Waals surface area contributed by atoms with Gasteiger partial charge in [-0.2, -0.15) is 8.42 Å². The maximum atomic E-state index is 10.9. The van der Waals surface area contributed by atoms with Crippen LogP contribution in [0.3, 0.4) is 0 Å². The van der Waals surface area contributed by atoms with Crippen LogP contribution >= 0.6 is 0 Å². The number of hydrogen-bond acceptors (Lipinski definition) is 3. The van der Waals surface area contributed by atoms with Gasteiger partial charge in [-0.25, -0.2) is 0 Å². The molecule has 1 heterocycles. The summed E-state index contributed by atoms with van der Waals surface area (Å²) in [5.41, 5.74) is 0. The summed E-state index contributed by atoms with van der Waals surface area (Å²) in [5, 5.41) is 2.76. The highest BCUT2D eigenvalue weighted by molar-refractivity contribution is 7.86. The summed E-state index contributed by atoms with van der Waals surface area (Å²) in [6.07, 6.45) is 3.30. The fourth-order valence-corrected chi connectivity index (χ4v) is 3.40. The van der Waals surface area contributed by atoms with E-state index in [0.717, 1.165) is 19.4 Å². The molecule has 0 spiro atoms. The van der Waals surface area contributed by atoms with Crippen LogP contribution in [0.1, 0.15) is 25.7 Å². The molecule has 1 saturated carbocycles. The molecule has 2 rings (SSSR count). The average Bonchev–Trinajstić information content (AvgIpc) is 2.47. The van der Waals surface area contributed by atoms with E-state index in [0.29, 0.717) is 24.8 Å². The zero-order chi connectivity index (χ0) is 9.47. The molecule has 13 heavy (non-hydrogen) atoms. The Morgan fingerprint density at radius 2 is 2.00 bits per heavy atom. The van der Waals surface area contributed by atoms with Crippen LogP contribution in [0, 0.1) is 5.92 Å². The van der Waals surface area contributed by atoms with Gasteiger partial charge in [0, 0.05) is 6.04 Å².